The highest BCUT2D eigenvalue weighted by Crippen LogP contribution is 2.22. The molecule has 100 valence electrons. The van der Waals surface area contributed by atoms with E-state index in [0.29, 0.717) is 16.7 Å². The summed E-state index contributed by atoms with van der Waals surface area (Å²) in [5, 5.41) is 1.53. The molecular weight excluding hydrogens is 278 g/mol. The molecule has 5 nitrogen and oxygen atoms in total. The maximum atomic E-state index is 5.74. The fraction of sp³-hybridized carbons (Fsp3) is 0.333. The third kappa shape index (κ3) is 3.81. The topological polar surface area (TPSA) is 77.6 Å². The summed E-state index contributed by atoms with van der Waals surface area (Å²) in [7, 11) is 0. The molecular formula is C12H15N5S2. The van der Waals surface area contributed by atoms with E-state index in [4.69, 9.17) is 5.73 Å². The molecule has 0 saturated carbocycles. The molecule has 0 amide bonds. The summed E-state index contributed by atoms with van der Waals surface area (Å²) in [5.41, 5.74) is 7.84. The van der Waals surface area contributed by atoms with E-state index in [9.17, 15) is 0 Å². The summed E-state index contributed by atoms with van der Waals surface area (Å²) in [5.74, 6) is 1.91. The lowest BCUT2D eigenvalue weighted by Gasteiger charge is -2.04. The third-order valence-corrected chi connectivity index (χ3v) is 3.99. The summed E-state index contributed by atoms with van der Waals surface area (Å²) in [6, 6.07) is 1.77. The van der Waals surface area contributed by atoms with Crippen molar-refractivity contribution in [2.24, 2.45) is 0 Å². The monoisotopic (exact) mass is 293 g/mol. The standard InChI is InChI=1S/C12H15N5S2/c1-7-5-14-10(15-8(7)2)6-19-12-16-9(13)4-11(17-12)18-3/h4-5H,6H2,1-3H3,(H2,13,16,17). The average Bonchev–Trinajstić information content (AvgIpc) is 2.39. The normalized spacial score (nSPS) is 10.7. The molecule has 0 unspecified atom stereocenters. The number of nitrogens with zero attached hydrogens (tertiary/aromatic N) is 4. The van der Waals surface area contributed by atoms with Crippen LogP contribution in [0.2, 0.25) is 0 Å². The Labute approximate surface area is 120 Å². The van der Waals surface area contributed by atoms with E-state index in [2.05, 4.69) is 19.9 Å². The van der Waals surface area contributed by atoms with E-state index in [1.165, 1.54) is 11.8 Å². The van der Waals surface area contributed by atoms with Gasteiger partial charge in [0.05, 0.1) is 5.75 Å². The predicted octanol–water partition coefficient (Wildman–Crippen LogP) is 2.48. The number of rotatable bonds is 4. The Kier molecular flexibility index (Phi) is 4.60. The zero-order valence-electron chi connectivity index (χ0n) is 11.0. The number of thioether (sulfide) groups is 2. The lowest BCUT2D eigenvalue weighted by molar-refractivity contribution is 0.895. The quantitative estimate of drug-likeness (QED) is 0.527. The molecule has 7 heteroatoms. The van der Waals surface area contributed by atoms with Gasteiger partial charge in [0.2, 0.25) is 0 Å². The van der Waals surface area contributed by atoms with Crippen molar-refractivity contribution in [3.8, 4) is 0 Å². The first-order valence-corrected chi connectivity index (χ1v) is 7.90. The van der Waals surface area contributed by atoms with Crippen molar-refractivity contribution in [1.82, 2.24) is 19.9 Å². The summed E-state index contributed by atoms with van der Waals surface area (Å²) in [6.45, 7) is 3.98. The predicted molar refractivity (Wildman–Crippen MR) is 79.3 cm³/mol. The van der Waals surface area contributed by atoms with Crippen molar-refractivity contribution in [3.05, 3.63) is 29.3 Å². The Morgan fingerprint density at radius 1 is 1.21 bits per heavy atom. The van der Waals surface area contributed by atoms with Crippen LogP contribution in [0, 0.1) is 13.8 Å². The SMILES string of the molecule is CSc1cc(N)nc(SCc2ncc(C)c(C)n2)n1. The van der Waals surface area contributed by atoms with Crippen LogP contribution >= 0.6 is 23.5 Å². The number of hydrogen-bond donors (Lipinski definition) is 1. The maximum absolute atomic E-state index is 5.74. The van der Waals surface area contributed by atoms with Crippen LogP contribution in [0.3, 0.4) is 0 Å². The second-order valence-corrected chi connectivity index (χ2v) is 5.73. The minimum absolute atomic E-state index is 0.489. The first-order chi connectivity index (χ1) is 9.08. The van der Waals surface area contributed by atoms with E-state index in [-0.39, 0.29) is 0 Å². The lowest BCUT2D eigenvalue weighted by atomic mass is 10.3. The van der Waals surface area contributed by atoms with Crippen molar-refractivity contribution in [3.63, 3.8) is 0 Å². The molecule has 0 fully saturated rings. The van der Waals surface area contributed by atoms with Crippen LogP contribution in [0.1, 0.15) is 17.1 Å². The van der Waals surface area contributed by atoms with E-state index < -0.39 is 0 Å². The Hall–Kier alpha value is -1.34. The van der Waals surface area contributed by atoms with Gasteiger partial charge in [0.15, 0.2) is 5.16 Å². The highest BCUT2D eigenvalue weighted by molar-refractivity contribution is 7.99. The van der Waals surface area contributed by atoms with Crippen LogP contribution < -0.4 is 5.73 Å². The van der Waals surface area contributed by atoms with Gasteiger partial charge in [-0.05, 0) is 25.7 Å². The number of hydrogen-bond acceptors (Lipinski definition) is 7. The van der Waals surface area contributed by atoms with Gasteiger partial charge < -0.3 is 5.73 Å². The molecule has 2 aromatic rings. The lowest BCUT2D eigenvalue weighted by Crippen LogP contribution is -1.99. The first kappa shape index (κ1) is 14.1. The van der Waals surface area contributed by atoms with Gasteiger partial charge in [-0.2, -0.15) is 0 Å². The van der Waals surface area contributed by atoms with Gasteiger partial charge in [-0.3, -0.25) is 0 Å². The van der Waals surface area contributed by atoms with Crippen LogP contribution in [0.15, 0.2) is 22.4 Å². The molecule has 0 aliphatic heterocycles. The van der Waals surface area contributed by atoms with Crippen LogP contribution in [0.4, 0.5) is 5.82 Å². The minimum atomic E-state index is 0.489. The molecule has 0 saturated heterocycles. The van der Waals surface area contributed by atoms with Crippen LogP contribution in [-0.2, 0) is 5.75 Å². The first-order valence-electron chi connectivity index (χ1n) is 5.69. The van der Waals surface area contributed by atoms with Gasteiger partial charge in [-0.25, -0.2) is 19.9 Å². The number of nitrogen functional groups attached to an aromatic ring is 1. The van der Waals surface area contributed by atoms with E-state index in [1.54, 1.807) is 17.8 Å². The molecule has 0 spiro atoms. The summed E-state index contributed by atoms with van der Waals surface area (Å²) < 4.78 is 0. The zero-order chi connectivity index (χ0) is 13.8. The van der Waals surface area contributed by atoms with Gasteiger partial charge in [-0.15, -0.1) is 11.8 Å². The highest BCUT2D eigenvalue weighted by atomic mass is 32.2. The van der Waals surface area contributed by atoms with Crippen LogP contribution in [0.5, 0.6) is 0 Å². The van der Waals surface area contributed by atoms with Gasteiger partial charge in [-0.1, -0.05) is 11.8 Å². The summed E-state index contributed by atoms with van der Waals surface area (Å²) in [4.78, 5) is 17.3. The van der Waals surface area contributed by atoms with Crippen LogP contribution in [-0.4, -0.2) is 26.2 Å². The van der Waals surface area contributed by atoms with Gasteiger partial charge >= 0.3 is 0 Å². The Bertz CT molecular complexity index is 588. The molecule has 2 heterocycles. The molecule has 2 aromatic heterocycles. The van der Waals surface area contributed by atoms with Crippen molar-refractivity contribution >= 4 is 29.3 Å². The third-order valence-electron chi connectivity index (χ3n) is 2.52. The number of aryl methyl sites for hydroxylation is 2. The molecule has 19 heavy (non-hydrogen) atoms. The maximum Gasteiger partial charge on any atom is 0.191 e. The molecule has 0 aliphatic rings. The highest BCUT2D eigenvalue weighted by Gasteiger charge is 2.06. The van der Waals surface area contributed by atoms with Crippen molar-refractivity contribution < 1.29 is 0 Å². The van der Waals surface area contributed by atoms with Crippen LogP contribution in [0.25, 0.3) is 0 Å². The largest absolute Gasteiger partial charge is 0.384 e. The van der Waals surface area contributed by atoms with E-state index in [0.717, 1.165) is 22.1 Å². The van der Waals surface area contributed by atoms with Crippen molar-refractivity contribution in [1.29, 1.82) is 0 Å². The Balaban J connectivity index is 2.09. The zero-order valence-corrected chi connectivity index (χ0v) is 12.7. The molecule has 0 atom stereocenters. The molecule has 0 aliphatic carbocycles. The fourth-order valence-electron chi connectivity index (χ4n) is 1.36. The molecule has 0 aromatic carbocycles. The molecule has 0 radical (unpaired) electrons. The minimum Gasteiger partial charge on any atom is -0.384 e. The molecule has 0 bridgehead atoms. The van der Waals surface area contributed by atoms with E-state index >= 15 is 0 Å². The second kappa shape index (κ2) is 6.21. The van der Waals surface area contributed by atoms with Gasteiger partial charge in [0.25, 0.3) is 0 Å². The molecule has 2 N–H and O–H groups in total. The Morgan fingerprint density at radius 3 is 2.68 bits per heavy atom. The second-order valence-electron chi connectivity index (χ2n) is 3.96. The van der Waals surface area contributed by atoms with Gasteiger partial charge in [0, 0.05) is 18.0 Å². The number of anilines is 1. The van der Waals surface area contributed by atoms with E-state index in [1.807, 2.05) is 26.3 Å². The van der Waals surface area contributed by atoms with Gasteiger partial charge in [0.1, 0.15) is 16.7 Å². The summed E-state index contributed by atoms with van der Waals surface area (Å²) in [6.07, 6.45) is 3.80. The Morgan fingerprint density at radius 2 is 2.00 bits per heavy atom. The summed E-state index contributed by atoms with van der Waals surface area (Å²) >= 11 is 3.04. The van der Waals surface area contributed by atoms with Crippen molar-refractivity contribution in [2.45, 2.75) is 29.8 Å². The number of aromatic nitrogens is 4. The number of nitrogens with two attached hydrogens (primary N) is 1. The molecule has 2 rings (SSSR count). The fourth-order valence-corrected chi connectivity index (χ4v) is 2.57. The smallest absolute Gasteiger partial charge is 0.191 e. The average molecular weight is 293 g/mol. The van der Waals surface area contributed by atoms with Crippen molar-refractivity contribution in [2.75, 3.05) is 12.0 Å².